The second kappa shape index (κ2) is 9.03. The maximum absolute atomic E-state index is 13.1. The van der Waals surface area contributed by atoms with Gasteiger partial charge in [-0.05, 0) is 44.6 Å². The number of carbonyl (C=O) groups excluding carboxylic acids is 1. The SMILES string of the molecule is C#Cc1cc(OC)c(-c2c(C3=CC[C@@H](C(=O)N4CCCC4=C)CC3)c3c(C)ncnc3n2C)cn1. The van der Waals surface area contributed by atoms with Crippen molar-refractivity contribution in [2.75, 3.05) is 13.7 Å². The van der Waals surface area contributed by atoms with Gasteiger partial charge < -0.3 is 14.2 Å². The number of hydrogen-bond acceptors (Lipinski definition) is 5. The van der Waals surface area contributed by atoms with Crippen LogP contribution >= 0.6 is 0 Å². The maximum atomic E-state index is 13.1. The molecule has 1 fully saturated rings. The number of aryl methyl sites for hydroxylation is 2. The summed E-state index contributed by atoms with van der Waals surface area (Å²) < 4.78 is 7.79. The van der Waals surface area contributed by atoms with Crippen molar-refractivity contribution in [3.63, 3.8) is 0 Å². The van der Waals surface area contributed by atoms with E-state index in [-0.39, 0.29) is 11.8 Å². The number of nitrogens with zero attached hydrogens (tertiary/aromatic N) is 5. The molecule has 5 rings (SSSR count). The number of ether oxygens (including phenoxy) is 1. The van der Waals surface area contributed by atoms with Gasteiger partial charge in [-0.2, -0.15) is 0 Å². The topological polar surface area (TPSA) is 73.1 Å². The molecule has 1 saturated heterocycles. The summed E-state index contributed by atoms with van der Waals surface area (Å²) in [5.41, 5.74) is 7.29. The Morgan fingerprint density at radius 1 is 1.29 bits per heavy atom. The lowest BCUT2D eigenvalue weighted by Crippen LogP contribution is -2.33. The number of likely N-dealkylation sites (tertiary alicyclic amines) is 1. The van der Waals surface area contributed by atoms with E-state index in [1.54, 1.807) is 25.7 Å². The summed E-state index contributed by atoms with van der Waals surface area (Å²) in [6, 6.07) is 1.78. The minimum Gasteiger partial charge on any atom is -0.496 e. The van der Waals surface area contributed by atoms with Gasteiger partial charge in [-0.15, -0.1) is 6.42 Å². The van der Waals surface area contributed by atoms with Gasteiger partial charge in [-0.25, -0.2) is 15.0 Å². The van der Waals surface area contributed by atoms with E-state index in [2.05, 4.69) is 38.1 Å². The van der Waals surface area contributed by atoms with Crippen LogP contribution in [0.15, 0.2) is 36.9 Å². The number of aromatic nitrogens is 4. The van der Waals surface area contributed by atoms with E-state index in [9.17, 15) is 4.79 Å². The van der Waals surface area contributed by atoms with Gasteiger partial charge in [0.1, 0.15) is 23.4 Å². The number of allylic oxidation sites excluding steroid dienone is 3. The van der Waals surface area contributed by atoms with E-state index < -0.39 is 0 Å². The van der Waals surface area contributed by atoms with Gasteiger partial charge in [-0.3, -0.25) is 4.79 Å². The van der Waals surface area contributed by atoms with E-state index in [0.717, 1.165) is 71.5 Å². The molecule has 1 amide bonds. The third-order valence-electron chi connectivity index (χ3n) is 7.22. The molecule has 0 saturated carbocycles. The molecule has 178 valence electrons. The van der Waals surface area contributed by atoms with Crippen LogP contribution in [0.25, 0.3) is 27.9 Å². The number of pyridine rings is 1. The lowest BCUT2D eigenvalue weighted by molar-refractivity contribution is -0.133. The molecule has 0 bridgehead atoms. The summed E-state index contributed by atoms with van der Waals surface area (Å²) in [5.74, 6) is 3.42. The Kier molecular flexibility index (Phi) is 5.89. The highest BCUT2D eigenvalue weighted by Gasteiger charge is 2.32. The zero-order chi connectivity index (χ0) is 24.7. The van der Waals surface area contributed by atoms with Crippen LogP contribution in [0.4, 0.5) is 0 Å². The van der Waals surface area contributed by atoms with Crippen molar-refractivity contribution in [1.29, 1.82) is 0 Å². The minimum absolute atomic E-state index is 0.0181. The molecule has 35 heavy (non-hydrogen) atoms. The predicted octanol–water partition coefficient (Wildman–Crippen LogP) is 4.65. The van der Waals surface area contributed by atoms with Gasteiger partial charge in [0.15, 0.2) is 0 Å². The molecule has 0 radical (unpaired) electrons. The van der Waals surface area contributed by atoms with Crippen molar-refractivity contribution in [2.45, 2.75) is 39.0 Å². The van der Waals surface area contributed by atoms with Crippen LogP contribution in [0, 0.1) is 25.2 Å². The average Bonchev–Trinajstić information content (AvgIpc) is 3.44. The third kappa shape index (κ3) is 3.79. The Hall–Kier alpha value is -3.92. The highest BCUT2D eigenvalue weighted by molar-refractivity contribution is 6.01. The van der Waals surface area contributed by atoms with E-state index >= 15 is 0 Å². The highest BCUT2D eigenvalue weighted by Crippen LogP contribution is 2.44. The second-order valence-corrected chi connectivity index (χ2v) is 9.21. The molecule has 4 heterocycles. The van der Waals surface area contributed by atoms with Gasteiger partial charge in [0.25, 0.3) is 0 Å². The summed E-state index contributed by atoms with van der Waals surface area (Å²) in [5, 5.41) is 1.01. The molecule has 0 N–H and O–H groups in total. The summed E-state index contributed by atoms with van der Waals surface area (Å²) in [4.78, 5) is 28.5. The molecule has 0 unspecified atom stereocenters. The standard InChI is InChI=1S/C28H29N5O2/c1-6-21-14-23(35-5)22(15-29-21)26-25(24-18(3)30-16-31-27(24)32(26)4)19-9-11-20(12-10-19)28(34)33-13-7-8-17(33)2/h1,9,14-16,20H,2,7-8,10-13H2,3-5H3/t20-/m1/s1. The van der Waals surface area contributed by atoms with E-state index in [1.165, 1.54) is 5.57 Å². The van der Waals surface area contributed by atoms with Gasteiger partial charge in [0.05, 0.1) is 24.1 Å². The Balaban J connectivity index is 1.62. The molecule has 0 spiro atoms. The Labute approximate surface area is 205 Å². The lowest BCUT2D eigenvalue weighted by Gasteiger charge is -2.27. The molecule has 3 aromatic heterocycles. The fraction of sp³-hybridized carbons (Fsp3) is 0.357. The number of carbonyl (C=O) groups is 1. The molecule has 7 nitrogen and oxygen atoms in total. The number of fused-ring (bicyclic) bond motifs is 1. The first-order chi connectivity index (χ1) is 16.9. The van der Waals surface area contributed by atoms with Crippen LogP contribution in [-0.4, -0.2) is 44.0 Å². The number of rotatable bonds is 4. The summed E-state index contributed by atoms with van der Waals surface area (Å²) >= 11 is 0. The van der Waals surface area contributed by atoms with E-state index in [1.807, 2.05) is 18.9 Å². The first-order valence-electron chi connectivity index (χ1n) is 11.9. The molecular formula is C28H29N5O2. The summed E-state index contributed by atoms with van der Waals surface area (Å²) in [7, 11) is 3.63. The molecule has 1 aliphatic heterocycles. The lowest BCUT2D eigenvalue weighted by atomic mass is 9.84. The van der Waals surface area contributed by atoms with Crippen molar-refractivity contribution in [1.82, 2.24) is 24.4 Å². The Morgan fingerprint density at radius 3 is 2.77 bits per heavy atom. The Bertz CT molecular complexity index is 1430. The van der Waals surface area contributed by atoms with E-state index in [4.69, 9.17) is 11.2 Å². The largest absolute Gasteiger partial charge is 0.496 e. The first-order valence-corrected chi connectivity index (χ1v) is 11.9. The summed E-state index contributed by atoms with van der Waals surface area (Å²) in [6.07, 6.45) is 15.3. The van der Waals surface area contributed by atoms with Crippen LogP contribution < -0.4 is 4.74 Å². The smallest absolute Gasteiger partial charge is 0.230 e. The third-order valence-corrected chi connectivity index (χ3v) is 7.22. The average molecular weight is 468 g/mol. The maximum Gasteiger partial charge on any atom is 0.230 e. The zero-order valence-electron chi connectivity index (χ0n) is 20.5. The summed E-state index contributed by atoms with van der Waals surface area (Å²) in [6.45, 7) is 6.87. The first kappa shape index (κ1) is 22.9. The molecule has 1 aliphatic carbocycles. The number of amides is 1. The zero-order valence-corrected chi connectivity index (χ0v) is 20.5. The van der Waals surface area contributed by atoms with Crippen molar-refractivity contribution in [3.8, 4) is 29.4 Å². The fourth-order valence-electron chi connectivity index (χ4n) is 5.40. The van der Waals surface area contributed by atoms with Crippen LogP contribution in [0.2, 0.25) is 0 Å². The molecule has 1 atom stereocenters. The van der Waals surface area contributed by atoms with Gasteiger partial charge in [0, 0.05) is 48.4 Å². The molecule has 7 heteroatoms. The predicted molar refractivity (Wildman–Crippen MR) is 136 cm³/mol. The molecule has 2 aliphatic rings. The molecular weight excluding hydrogens is 438 g/mol. The minimum atomic E-state index is -0.0181. The number of terminal acetylenes is 1. The molecule has 0 aromatic carbocycles. The van der Waals surface area contributed by atoms with Gasteiger partial charge in [0.2, 0.25) is 5.91 Å². The van der Waals surface area contributed by atoms with Crippen molar-refractivity contribution in [3.05, 3.63) is 53.9 Å². The van der Waals surface area contributed by atoms with Crippen molar-refractivity contribution in [2.24, 2.45) is 13.0 Å². The fourth-order valence-corrected chi connectivity index (χ4v) is 5.40. The quantitative estimate of drug-likeness (QED) is 0.523. The van der Waals surface area contributed by atoms with E-state index in [0.29, 0.717) is 17.9 Å². The highest BCUT2D eigenvalue weighted by atomic mass is 16.5. The van der Waals surface area contributed by atoms with Crippen molar-refractivity contribution < 1.29 is 9.53 Å². The normalized spacial score (nSPS) is 18.0. The van der Waals surface area contributed by atoms with Crippen LogP contribution in [0.1, 0.15) is 49.1 Å². The number of methoxy groups -OCH3 is 1. The monoisotopic (exact) mass is 467 g/mol. The van der Waals surface area contributed by atoms with Crippen LogP contribution in [0.5, 0.6) is 5.75 Å². The van der Waals surface area contributed by atoms with Crippen molar-refractivity contribution >= 4 is 22.5 Å². The van der Waals surface area contributed by atoms with Gasteiger partial charge in [-0.1, -0.05) is 18.6 Å². The number of hydrogen-bond donors (Lipinski definition) is 0. The molecule has 3 aromatic rings. The van der Waals surface area contributed by atoms with Crippen LogP contribution in [-0.2, 0) is 11.8 Å². The Morgan fingerprint density at radius 2 is 2.11 bits per heavy atom. The van der Waals surface area contributed by atoms with Gasteiger partial charge >= 0.3 is 0 Å². The second-order valence-electron chi connectivity index (χ2n) is 9.21. The van der Waals surface area contributed by atoms with Crippen LogP contribution in [0.3, 0.4) is 0 Å².